The zero-order chi connectivity index (χ0) is 14.6. The van der Waals surface area contributed by atoms with Gasteiger partial charge < -0.3 is 15.7 Å². The van der Waals surface area contributed by atoms with E-state index in [1.54, 1.807) is 0 Å². The number of amides is 2. The van der Waals surface area contributed by atoms with Gasteiger partial charge in [-0.15, -0.1) is 0 Å². The number of hydrogen-bond acceptors (Lipinski definition) is 2. The van der Waals surface area contributed by atoms with Crippen molar-refractivity contribution in [2.45, 2.75) is 76.3 Å². The Hall–Kier alpha value is -1.26. The van der Waals surface area contributed by atoms with Crippen LogP contribution in [0.15, 0.2) is 0 Å². The van der Waals surface area contributed by atoms with Crippen molar-refractivity contribution in [1.29, 1.82) is 0 Å². The third-order valence-corrected chi connectivity index (χ3v) is 4.86. The summed E-state index contributed by atoms with van der Waals surface area (Å²) in [7, 11) is 0. The molecule has 2 amide bonds. The van der Waals surface area contributed by atoms with Crippen LogP contribution in [0, 0.1) is 5.92 Å². The lowest BCUT2D eigenvalue weighted by atomic mass is 9.86. The maximum Gasteiger partial charge on any atom is 0.315 e. The summed E-state index contributed by atoms with van der Waals surface area (Å²) in [5.41, 5.74) is -0.534. The van der Waals surface area contributed by atoms with E-state index in [4.69, 9.17) is 5.11 Å². The summed E-state index contributed by atoms with van der Waals surface area (Å²) >= 11 is 0. The van der Waals surface area contributed by atoms with Gasteiger partial charge >= 0.3 is 12.0 Å². The van der Waals surface area contributed by atoms with Gasteiger partial charge in [0.05, 0.1) is 12.0 Å². The van der Waals surface area contributed by atoms with Gasteiger partial charge in [0, 0.05) is 6.04 Å². The minimum Gasteiger partial charge on any atom is -0.481 e. The molecule has 0 saturated heterocycles. The first-order valence-electron chi connectivity index (χ1n) is 7.81. The lowest BCUT2D eigenvalue weighted by Gasteiger charge is -2.33. The predicted molar refractivity (Wildman–Crippen MR) is 76.5 cm³/mol. The number of aliphatic carboxylic acids is 1. The van der Waals surface area contributed by atoms with Crippen LogP contribution in [0.1, 0.15) is 64.7 Å². The Bertz CT molecular complexity index is 364. The molecule has 0 heterocycles. The molecule has 2 aliphatic carbocycles. The summed E-state index contributed by atoms with van der Waals surface area (Å²) in [6.07, 6.45) is 8.15. The molecule has 0 aliphatic heterocycles. The highest BCUT2D eigenvalue weighted by atomic mass is 16.4. The van der Waals surface area contributed by atoms with Crippen LogP contribution in [0.2, 0.25) is 0 Å². The van der Waals surface area contributed by atoms with Gasteiger partial charge in [0.25, 0.3) is 0 Å². The maximum absolute atomic E-state index is 12.2. The monoisotopic (exact) mass is 282 g/mol. The van der Waals surface area contributed by atoms with E-state index >= 15 is 0 Å². The number of carboxylic acid groups (broad SMARTS) is 1. The van der Waals surface area contributed by atoms with Crippen LogP contribution in [-0.2, 0) is 4.79 Å². The minimum absolute atomic E-state index is 0.0284. The zero-order valence-electron chi connectivity index (χ0n) is 12.3. The Labute approximate surface area is 120 Å². The molecule has 2 unspecified atom stereocenters. The second-order valence-electron chi connectivity index (χ2n) is 6.52. The summed E-state index contributed by atoms with van der Waals surface area (Å²) in [6, 6.07) is 0.0407. The largest absolute Gasteiger partial charge is 0.481 e. The molecule has 0 spiro atoms. The highest BCUT2D eigenvalue weighted by Gasteiger charge is 2.38. The smallest absolute Gasteiger partial charge is 0.315 e. The lowest BCUT2D eigenvalue weighted by Crippen LogP contribution is -2.54. The molecule has 20 heavy (non-hydrogen) atoms. The molecule has 2 fully saturated rings. The molecule has 0 radical (unpaired) electrons. The van der Waals surface area contributed by atoms with Crippen molar-refractivity contribution in [2.75, 3.05) is 0 Å². The van der Waals surface area contributed by atoms with Crippen LogP contribution in [0.5, 0.6) is 0 Å². The second kappa shape index (κ2) is 6.46. The van der Waals surface area contributed by atoms with E-state index in [2.05, 4.69) is 17.6 Å². The molecular formula is C15H26N2O3. The van der Waals surface area contributed by atoms with E-state index in [1.807, 2.05) is 0 Å². The van der Waals surface area contributed by atoms with Gasteiger partial charge in [0.15, 0.2) is 0 Å². The van der Waals surface area contributed by atoms with Gasteiger partial charge in [-0.05, 0) is 31.6 Å². The summed E-state index contributed by atoms with van der Waals surface area (Å²) in [6.45, 7) is 2.17. The van der Waals surface area contributed by atoms with Gasteiger partial charge in [0.1, 0.15) is 0 Å². The fourth-order valence-corrected chi connectivity index (χ4v) is 3.66. The van der Waals surface area contributed by atoms with E-state index in [9.17, 15) is 9.59 Å². The van der Waals surface area contributed by atoms with Gasteiger partial charge in [-0.3, -0.25) is 4.79 Å². The average molecular weight is 282 g/mol. The molecule has 5 heteroatoms. The molecule has 2 rings (SSSR count). The molecule has 3 N–H and O–H groups in total. The first-order chi connectivity index (χ1) is 9.51. The Kier molecular flexibility index (Phi) is 4.89. The number of carbonyl (C=O) groups excluding carboxylic acids is 1. The molecule has 5 nitrogen and oxygen atoms in total. The van der Waals surface area contributed by atoms with Crippen LogP contribution in [-0.4, -0.2) is 28.7 Å². The maximum atomic E-state index is 12.2. The molecule has 0 aromatic rings. The third-order valence-electron chi connectivity index (χ3n) is 4.86. The number of carboxylic acids is 1. The molecule has 0 aromatic carbocycles. The van der Waals surface area contributed by atoms with Crippen LogP contribution >= 0.6 is 0 Å². The average Bonchev–Trinajstić information content (AvgIpc) is 2.79. The number of carbonyl (C=O) groups is 2. The third kappa shape index (κ3) is 3.87. The van der Waals surface area contributed by atoms with Crippen molar-refractivity contribution in [3.8, 4) is 0 Å². The van der Waals surface area contributed by atoms with E-state index in [1.165, 1.54) is 6.42 Å². The van der Waals surface area contributed by atoms with Crippen LogP contribution in [0.4, 0.5) is 4.79 Å². The molecule has 0 aromatic heterocycles. The Morgan fingerprint density at radius 3 is 2.40 bits per heavy atom. The van der Waals surface area contributed by atoms with Crippen molar-refractivity contribution < 1.29 is 14.7 Å². The standard InChI is InChI=1S/C15H26N2O3/c1-11-6-2-3-7-12(11)16-14(20)17-15(10-13(18)19)8-4-5-9-15/h11-12H,2-10H2,1H3,(H,18,19)(H2,16,17,20). The van der Waals surface area contributed by atoms with E-state index in [0.717, 1.165) is 44.9 Å². The number of rotatable bonds is 4. The highest BCUT2D eigenvalue weighted by Crippen LogP contribution is 2.32. The van der Waals surface area contributed by atoms with E-state index < -0.39 is 11.5 Å². The first kappa shape index (κ1) is 15.1. The summed E-state index contributed by atoms with van der Waals surface area (Å²) in [5.74, 6) is -0.327. The molecule has 2 saturated carbocycles. The van der Waals surface area contributed by atoms with Crippen molar-refractivity contribution in [2.24, 2.45) is 5.92 Å². The molecular weight excluding hydrogens is 256 g/mol. The fourth-order valence-electron chi connectivity index (χ4n) is 3.66. The van der Waals surface area contributed by atoms with Gasteiger partial charge in [0.2, 0.25) is 0 Å². The van der Waals surface area contributed by atoms with Crippen molar-refractivity contribution in [3.05, 3.63) is 0 Å². The number of urea groups is 1. The number of nitrogens with one attached hydrogen (secondary N) is 2. The van der Waals surface area contributed by atoms with E-state index in [-0.39, 0.29) is 18.5 Å². The Morgan fingerprint density at radius 2 is 1.80 bits per heavy atom. The quantitative estimate of drug-likeness (QED) is 0.741. The zero-order valence-corrected chi connectivity index (χ0v) is 12.3. The van der Waals surface area contributed by atoms with Crippen LogP contribution in [0.25, 0.3) is 0 Å². The van der Waals surface area contributed by atoms with Crippen LogP contribution < -0.4 is 10.6 Å². The first-order valence-corrected chi connectivity index (χ1v) is 7.81. The fraction of sp³-hybridized carbons (Fsp3) is 0.867. The Morgan fingerprint density at radius 1 is 1.15 bits per heavy atom. The molecule has 2 aliphatic rings. The van der Waals surface area contributed by atoms with E-state index in [0.29, 0.717) is 5.92 Å². The van der Waals surface area contributed by atoms with Crippen LogP contribution in [0.3, 0.4) is 0 Å². The lowest BCUT2D eigenvalue weighted by molar-refractivity contribution is -0.138. The van der Waals surface area contributed by atoms with Gasteiger partial charge in [-0.25, -0.2) is 4.79 Å². The predicted octanol–water partition coefficient (Wildman–Crippen LogP) is 2.65. The molecule has 0 bridgehead atoms. The summed E-state index contributed by atoms with van der Waals surface area (Å²) in [4.78, 5) is 23.2. The van der Waals surface area contributed by atoms with Crippen molar-refractivity contribution in [1.82, 2.24) is 10.6 Å². The summed E-state index contributed by atoms with van der Waals surface area (Å²) in [5, 5.41) is 15.1. The van der Waals surface area contributed by atoms with Gasteiger partial charge in [-0.1, -0.05) is 32.6 Å². The molecule has 114 valence electrons. The SMILES string of the molecule is CC1CCCCC1NC(=O)NC1(CC(=O)O)CCCC1. The number of hydrogen-bond donors (Lipinski definition) is 3. The minimum atomic E-state index is -0.835. The topological polar surface area (TPSA) is 78.4 Å². The highest BCUT2D eigenvalue weighted by molar-refractivity contribution is 5.77. The second-order valence-corrected chi connectivity index (χ2v) is 6.52. The Balaban J connectivity index is 1.89. The van der Waals surface area contributed by atoms with Crippen molar-refractivity contribution >= 4 is 12.0 Å². The normalized spacial score (nSPS) is 28.9. The summed E-state index contributed by atoms with van der Waals surface area (Å²) < 4.78 is 0. The van der Waals surface area contributed by atoms with Crippen molar-refractivity contribution in [3.63, 3.8) is 0 Å². The molecule has 2 atom stereocenters. The van der Waals surface area contributed by atoms with Gasteiger partial charge in [-0.2, -0.15) is 0 Å².